The van der Waals surface area contributed by atoms with E-state index in [4.69, 9.17) is 0 Å². The zero-order chi connectivity index (χ0) is 20.2. The van der Waals surface area contributed by atoms with Crippen molar-refractivity contribution in [3.8, 4) is 0 Å². The molecule has 0 unspecified atom stereocenters. The number of piperidine rings is 1. The van der Waals surface area contributed by atoms with Crippen LogP contribution in [0.2, 0.25) is 0 Å². The maximum Gasteiger partial charge on any atom is 0.223 e. The van der Waals surface area contributed by atoms with Gasteiger partial charge in [0, 0.05) is 30.9 Å². The first-order valence-electron chi connectivity index (χ1n) is 10.4. The highest BCUT2D eigenvalue weighted by molar-refractivity contribution is 7.09. The summed E-state index contributed by atoms with van der Waals surface area (Å²) in [7, 11) is 0. The number of carbonyl (C=O) groups is 1. The predicted molar refractivity (Wildman–Crippen MR) is 117 cm³/mol. The van der Waals surface area contributed by atoms with Gasteiger partial charge in [0.2, 0.25) is 5.91 Å². The normalized spacial score (nSPS) is 15.8. The molecular weight excluding hydrogens is 382 g/mol. The first-order chi connectivity index (χ1) is 14.1. The molecule has 1 aromatic carbocycles. The number of amides is 1. The second-order valence-electron chi connectivity index (χ2n) is 7.85. The SMILES string of the molecule is Cc1nc(CN2CCC(C(=O)NCCCn3c(C)nc4ccccc43)CC2)cs1. The van der Waals surface area contributed by atoms with Gasteiger partial charge in [0.05, 0.1) is 21.7 Å². The van der Waals surface area contributed by atoms with Crippen LogP contribution in [-0.2, 0) is 17.9 Å². The number of thiazole rings is 1. The van der Waals surface area contributed by atoms with Crippen molar-refractivity contribution in [1.29, 1.82) is 0 Å². The summed E-state index contributed by atoms with van der Waals surface area (Å²) in [6.45, 7) is 8.50. The van der Waals surface area contributed by atoms with E-state index in [9.17, 15) is 4.79 Å². The Morgan fingerprint density at radius 3 is 2.76 bits per heavy atom. The van der Waals surface area contributed by atoms with E-state index in [2.05, 4.69) is 36.2 Å². The summed E-state index contributed by atoms with van der Waals surface area (Å²) in [5.41, 5.74) is 3.35. The van der Waals surface area contributed by atoms with Gasteiger partial charge in [-0.1, -0.05) is 12.1 Å². The van der Waals surface area contributed by atoms with Crippen molar-refractivity contribution in [3.05, 3.63) is 46.2 Å². The number of fused-ring (bicyclic) bond motifs is 1. The number of nitrogens with zero attached hydrogens (tertiary/aromatic N) is 4. The van der Waals surface area contributed by atoms with Crippen molar-refractivity contribution < 1.29 is 4.79 Å². The van der Waals surface area contributed by atoms with Crippen molar-refractivity contribution in [2.45, 2.75) is 46.2 Å². The number of rotatable bonds is 7. The lowest BCUT2D eigenvalue weighted by Crippen LogP contribution is -2.40. The fourth-order valence-electron chi connectivity index (χ4n) is 4.13. The van der Waals surface area contributed by atoms with Crippen molar-refractivity contribution in [3.63, 3.8) is 0 Å². The highest BCUT2D eigenvalue weighted by Crippen LogP contribution is 2.20. The molecule has 0 saturated carbocycles. The van der Waals surface area contributed by atoms with Crippen molar-refractivity contribution in [2.24, 2.45) is 5.92 Å². The number of hydrogen-bond donors (Lipinski definition) is 1. The summed E-state index contributed by atoms with van der Waals surface area (Å²) in [6.07, 6.45) is 2.77. The molecular formula is C22H29N5OS. The second kappa shape index (κ2) is 9.05. The monoisotopic (exact) mass is 411 g/mol. The van der Waals surface area contributed by atoms with Crippen LogP contribution < -0.4 is 5.32 Å². The molecule has 2 aromatic heterocycles. The van der Waals surface area contributed by atoms with Gasteiger partial charge in [0.15, 0.2) is 0 Å². The van der Waals surface area contributed by atoms with Gasteiger partial charge in [-0.3, -0.25) is 9.69 Å². The minimum absolute atomic E-state index is 0.138. The zero-order valence-corrected chi connectivity index (χ0v) is 18.0. The number of benzene rings is 1. The molecule has 1 fully saturated rings. The molecule has 4 rings (SSSR count). The summed E-state index contributed by atoms with van der Waals surface area (Å²) in [5.74, 6) is 1.38. The van der Waals surface area contributed by atoms with Gasteiger partial charge in [-0.15, -0.1) is 11.3 Å². The Balaban J connectivity index is 1.19. The lowest BCUT2D eigenvalue weighted by molar-refractivity contribution is -0.126. The molecule has 6 nitrogen and oxygen atoms in total. The van der Waals surface area contributed by atoms with Crippen LogP contribution in [-0.4, -0.2) is 45.0 Å². The van der Waals surface area contributed by atoms with E-state index in [1.54, 1.807) is 11.3 Å². The molecule has 7 heteroatoms. The number of aryl methyl sites for hydroxylation is 3. The Kier molecular flexibility index (Phi) is 6.25. The fourth-order valence-corrected chi connectivity index (χ4v) is 4.74. The van der Waals surface area contributed by atoms with Gasteiger partial charge >= 0.3 is 0 Å². The molecule has 1 saturated heterocycles. The molecule has 1 N–H and O–H groups in total. The Labute approximate surface area is 176 Å². The van der Waals surface area contributed by atoms with Gasteiger partial charge in [0.25, 0.3) is 0 Å². The summed E-state index contributed by atoms with van der Waals surface area (Å²) in [4.78, 5) is 24.1. The van der Waals surface area contributed by atoms with Crippen LogP contribution in [0.4, 0.5) is 0 Å². The minimum Gasteiger partial charge on any atom is -0.356 e. The van der Waals surface area contributed by atoms with Gasteiger partial charge < -0.3 is 9.88 Å². The van der Waals surface area contributed by atoms with E-state index in [1.165, 1.54) is 5.52 Å². The van der Waals surface area contributed by atoms with E-state index in [0.717, 1.165) is 67.5 Å². The molecule has 0 radical (unpaired) electrons. The van der Waals surface area contributed by atoms with E-state index in [0.29, 0.717) is 6.54 Å². The number of para-hydroxylation sites is 2. The van der Waals surface area contributed by atoms with Crippen LogP contribution in [0.1, 0.15) is 35.8 Å². The highest BCUT2D eigenvalue weighted by atomic mass is 32.1. The van der Waals surface area contributed by atoms with Crippen LogP contribution in [0.5, 0.6) is 0 Å². The molecule has 0 spiro atoms. The fraction of sp³-hybridized carbons (Fsp3) is 0.500. The van der Waals surface area contributed by atoms with E-state index in [1.807, 2.05) is 32.0 Å². The molecule has 0 bridgehead atoms. The summed E-state index contributed by atoms with van der Waals surface area (Å²) >= 11 is 1.70. The van der Waals surface area contributed by atoms with Gasteiger partial charge in [-0.05, 0) is 58.3 Å². The molecule has 3 aromatic rings. The average molecular weight is 412 g/mol. The molecule has 1 aliphatic heterocycles. The summed E-state index contributed by atoms with van der Waals surface area (Å²) < 4.78 is 2.24. The first-order valence-corrected chi connectivity index (χ1v) is 11.3. The molecule has 154 valence electrons. The van der Waals surface area contributed by atoms with Crippen LogP contribution >= 0.6 is 11.3 Å². The number of nitrogens with one attached hydrogen (secondary N) is 1. The summed E-state index contributed by atoms with van der Waals surface area (Å²) in [5, 5.41) is 6.41. The van der Waals surface area contributed by atoms with Crippen LogP contribution in [0, 0.1) is 19.8 Å². The maximum absolute atomic E-state index is 12.5. The first kappa shape index (κ1) is 20.0. The van der Waals surface area contributed by atoms with Crippen LogP contribution in [0.15, 0.2) is 29.6 Å². The lowest BCUT2D eigenvalue weighted by Gasteiger charge is -2.30. The van der Waals surface area contributed by atoms with Crippen LogP contribution in [0.25, 0.3) is 11.0 Å². The van der Waals surface area contributed by atoms with E-state index >= 15 is 0 Å². The number of aromatic nitrogens is 3. The molecule has 0 atom stereocenters. The lowest BCUT2D eigenvalue weighted by atomic mass is 9.96. The molecule has 0 aliphatic carbocycles. The Morgan fingerprint density at radius 1 is 1.21 bits per heavy atom. The minimum atomic E-state index is 0.138. The number of imidazole rings is 1. The third-order valence-electron chi connectivity index (χ3n) is 5.71. The molecule has 29 heavy (non-hydrogen) atoms. The van der Waals surface area contributed by atoms with Crippen molar-refractivity contribution >= 4 is 28.3 Å². The Morgan fingerprint density at radius 2 is 2.00 bits per heavy atom. The van der Waals surface area contributed by atoms with E-state index in [-0.39, 0.29) is 11.8 Å². The van der Waals surface area contributed by atoms with Gasteiger partial charge in [-0.2, -0.15) is 0 Å². The summed E-state index contributed by atoms with van der Waals surface area (Å²) in [6, 6.07) is 8.21. The average Bonchev–Trinajstić information content (AvgIpc) is 3.27. The Bertz CT molecular complexity index is 971. The topological polar surface area (TPSA) is 63.1 Å². The predicted octanol–water partition coefficient (Wildman–Crippen LogP) is 3.53. The van der Waals surface area contributed by atoms with Gasteiger partial charge in [0.1, 0.15) is 5.82 Å². The molecule has 3 heterocycles. The number of hydrogen-bond acceptors (Lipinski definition) is 5. The third kappa shape index (κ3) is 4.85. The van der Waals surface area contributed by atoms with Crippen molar-refractivity contribution in [2.75, 3.05) is 19.6 Å². The van der Waals surface area contributed by atoms with E-state index < -0.39 is 0 Å². The quantitative estimate of drug-likeness (QED) is 0.604. The highest BCUT2D eigenvalue weighted by Gasteiger charge is 2.25. The number of likely N-dealkylation sites (tertiary alicyclic amines) is 1. The second-order valence-corrected chi connectivity index (χ2v) is 8.91. The van der Waals surface area contributed by atoms with Gasteiger partial charge in [-0.25, -0.2) is 9.97 Å². The zero-order valence-electron chi connectivity index (χ0n) is 17.2. The maximum atomic E-state index is 12.5. The molecule has 1 amide bonds. The largest absolute Gasteiger partial charge is 0.356 e. The van der Waals surface area contributed by atoms with Crippen LogP contribution in [0.3, 0.4) is 0 Å². The Hall–Kier alpha value is -2.25. The standard InChI is InChI=1S/C22H29N5OS/c1-16-24-20-6-3-4-7-21(20)27(16)11-5-10-23-22(28)18-8-12-26(13-9-18)14-19-15-29-17(2)25-19/h3-4,6-7,15,18H,5,8-14H2,1-2H3,(H,23,28). The third-order valence-corrected chi connectivity index (χ3v) is 6.54. The van der Waals surface area contributed by atoms with Crippen molar-refractivity contribution in [1.82, 2.24) is 24.8 Å². The smallest absolute Gasteiger partial charge is 0.223 e. The molecule has 1 aliphatic rings. The number of carbonyl (C=O) groups excluding carboxylic acids is 1.